The minimum atomic E-state index is 0.0730. The lowest BCUT2D eigenvalue weighted by molar-refractivity contribution is 0.170. The van der Waals surface area contributed by atoms with Crippen LogP contribution in [0.1, 0.15) is 18.5 Å². The Morgan fingerprint density at radius 3 is 2.89 bits per heavy atom. The summed E-state index contributed by atoms with van der Waals surface area (Å²) in [5, 5.41) is 3.38. The number of nitrogens with two attached hydrogens (primary N) is 1. The van der Waals surface area contributed by atoms with E-state index in [0.29, 0.717) is 19.8 Å². The summed E-state index contributed by atoms with van der Waals surface area (Å²) < 4.78 is 12.1. The van der Waals surface area contributed by atoms with Gasteiger partial charge >= 0.3 is 0 Å². The summed E-state index contributed by atoms with van der Waals surface area (Å²) in [4.78, 5) is 0. The third-order valence-corrected chi connectivity index (χ3v) is 3.50. The van der Waals surface area contributed by atoms with Crippen molar-refractivity contribution in [2.75, 3.05) is 26.3 Å². The molecule has 1 heterocycles. The van der Waals surface area contributed by atoms with Crippen LogP contribution in [0.15, 0.2) is 28.8 Å². The topological polar surface area (TPSA) is 56.5 Å². The predicted octanol–water partition coefficient (Wildman–Crippen LogP) is 2.39. The fourth-order valence-electron chi connectivity index (χ4n) is 1.97. The molecular weight excluding hydrogens is 308 g/mol. The average Bonchev–Trinajstić information content (AvgIpc) is 2.39. The van der Waals surface area contributed by atoms with E-state index < -0.39 is 0 Å². The minimum Gasteiger partial charge on any atom is -0.486 e. The predicted molar refractivity (Wildman–Crippen MR) is 79.7 cm³/mol. The Hall–Kier alpha value is -1.04. The van der Waals surface area contributed by atoms with Crippen molar-refractivity contribution in [2.24, 2.45) is 5.73 Å². The number of nitrogens with one attached hydrogen (secondary N) is 1. The summed E-state index contributed by atoms with van der Waals surface area (Å²) in [6, 6.07) is 4.09. The first-order valence-corrected chi connectivity index (χ1v) is 7.08. The Bertz CT molecular complexity index is 477. The molecule has 4 nitrogen and oxygen atoms in total. The van der Waals surface area contributed by atoms with Gasteiger partial charge in [-0.05, 0) is 40.5 Å². The largest absolute Gasteiger partial charge is 0.486 e. The highest BCUT2D eigenvalue weighted by atomic mass is 79.9. The van der Waals surface area contributed by atoms with Crippen molar-refractivity contribution in [1.82, 2.24) is 5.32 Å². The Morgan fingerprint density at radius 1 is 1.47 bits per heavy atom. The second-order valence-corrected chi connectivity index (χ2v) is 5.51. The molecule has 0 aliphatic carbocycles. The zero-order valence-corrected chi connectivity index (χ0v) is 12.6. The van der Waals surface area contributed by atoms with Gasteiger partial charge in [-0.15, -0.1) is 0 Å². The van der Waals surface area contributed by atoms with Crippen molar-refractivity contribution in [3.63, 3.8) is 0 Å². The van der Waals surface area contributed by atoms with Crippen molar-refractivity contribution >= 4 is 15.9 Å². The van der Waals surface area contributed by atoms with Gasteiger partial charge in [0.2, 0.25) is 0 Å². The molecule has 1 atom stereocenters. The SMILES string of the molecule is C=C(C)CNC(CN)c1cc(Br)c2c(c1)OCCO2. The molecule has 0 bridgehead atoms. The number of benzene rings is 1. The molecule has 3 N–H and O–H groups in total. The molecule has 1 aromatic carbocycles. The average molecular weight is 327 g/mol. The first-order valence-electron chi connectivity index (χ1n) is 6.28. The Labute approximate surface area is 122 Å². The number of ether oxygens (including phenoxy) is 2. The summed E-state index contributed by atoms with van der Waals surface area (Å²) in [5.74, 6) is 1.54. The molecule has 0 radical (unpaired) electrons. The van der Waals surface area contributed by atoms with Gasteiger partial charge in [0.15, 0.2) is 11.5 Å². The smallest absolute Gasteiger partial charge is 0.175 e. The van der Waals surface area contributed by atoms with Gasteiger partial charge in [-0.1, -0.05) is 12.2 Å². The molecule has 1 unspecified atom stereocenters. The van der Waals surface area contributed by atoms with Crippen molar-refractivity contribution in [3.05, 3.63) is 34.3 Å². The zero-order chi connectivity index (χ0) is 13.8. The Morgan fingerprint density at radius 2 is 2.21 bits per heavy atom. The standard InChI is InChI=1S/C14H19BrN2O2/c1-9(2)8-17-12(7-16)10-5-11(15)14-13(6-10)18-3-4-19-14/h5-6,12,17H,1,3-4,7-8,16H2,2H3. The highest BCUT2D eigenvalue weighted by Crippen LogP contribution is 2.39. The van der Waals surface area contributed by atoms with Gasteiger partial charge in [-0.3, -0.25) is 0 Å². The molecule has 1 aliphatic heterocycles. The molecule has 1 aromatic rings. The molecule has 0 fully saturated rings. The second-order valence-electron chi connectivity index (χ2n) is 4.65. The summed E-state index contributed by atoms with van der Waals surface area (Å²) in [5.41, 5.74) is 8.00. The van der Waals surface area contributed by atoms with Crippen LogP contribution < -0.4 is 20.5 Å². The quantitative estimate of drug-likeness (QED) is 0.816. The van der Waals surface area contributed by atoms with Crippen molar-refractivity contribution in [1.29, 1.82) is 0 Å². The van der Waals surface area contributed by atoms with E-state index >= 15 is 0 Å². The van der Waals surface area contributed by atoms with Crippen LogP contribution >= 0.6 is 15.9 Å². The van der Waals surface area contributed by atoms with E-state index in [1.54, 1.807) is 0 Å². The Balaban J connectivity index is 2.23. The van der Waals surface area contributed by atoms with E-state index in [1.807, 2.05) is 19.1 Å². The summed E-state index contributed by atoms with van der Waals surface area (Å²) in [6.45, 7) is 8.29. The van der Waals surface area contributed by atoms with Crippen LogP contribution in [0.5, 0.6) is 11.5 Å². The molecular formula is C14H19BrN2O2. The summed E-state index contributed by atoms with van der Waals surface area (Å²) in [6.07, 6.45) is 0. The lowest BCUT2D eigenvalue weighted by Crippen LogP contribution is -2.29. The molecule has 104 valence electrons. The molecule has 0 aromatic heterocycles. The molecule has 1 aliphatic rings. The molecule has 0 saturated carbocycles. The van der Waals surface area contributed by atoms with E-state index in [4.69, 9.17) is 15.2 Å². The van der Waals surface area contributed by atoms with E-state index in [-0.39, 0.29) is 6.04 Å². The number of fused-ring (bicyclic) bond motifs is 1. The van der Waals surface area contributed by atoms with E-state index in [2.05, 4.69) is 27.8 Å². The van der Waals surface area contributed by atoms with E-state index in [1.165, 1.54) is 0 Å². The maximum Gasteiger partial charge on any atom is 0.175 e. The summed E-state index contributed by atoms with van der Waals surface area (Å²) >= 11 is 3.52. The molecule has 0 spiro atoms. The Kier molecular flexibility index (Phi) is 4.85. The first kappa shape index (κ1) is 14.4. The molecule has 5 heteroatoms. The molecule has 0 saturated heterocycles. The number of halogens is 1. The zero-order valence-electron chi connectivity index (χ0n) is 11.0. The maximum absolute atomic E-state index is 5.84. The van der Waals surface area contributed by atoms with Gasteiger partial charge in [0.1, 0.15) is 13.2 Å². The van der Waals surface area contributed by atoms with Gasteiger partial charge in [0.25, 0.3) is 0 Å². The fourth-order valence-corrected chi connectivity index (χ4v) is 2.54. The number of rotatable bonds is 5. The van der Waals surface area contributed by atoms with Crippen LogP contribution in [0.4, 0.5) is 0 Å². The molecule has 19 heavy (non-hydrogen) atoms. The number of hydrogen-bond donors (Lipinski definition) is 2. The van der Waals surface area contributed by atoms with Crippen LogP contribution in [0.2, 0.25) is 0 Å². The number of hydrogen-bond acceptors (Lipinski definition) is 4. The second kappa shape index (κ2) is 6.41. The van der Waals surface area contributed by atoms with Crippen LogP contribution in [0, 0.1) is 0 Å². The van der Waals surface area contributed by atoms with Gasteiger partial charge in [-0.25, -0.2) is 0 Å². The third kappa shape index (κ3) is 3.49. The van der Waals surface area contributed by atoms with E-state index in [0.717, 1.165) is 33.7 Å². The normalized spacial score (nSPS) is 15.1. The van der Waals surface area contributed by atoms with Crippen LogP contribution in [0.25, 0.3) is 0 Å². The lowest BCUT2D eigenvalue weighted by atomic mass is 10.1. The van der Waals surface area contributed by atoms with Crippen molar-refractivity contribution < 1.29 is 9.47 Å². The first-order chi connectivity index (χ1) is 9.11. The maximum atomic E-state index is 5.84. The van der Waals surface area contributed by atoms with Crippen LogP contribution in [-0.4, -0.2) is 26.3 Å². The fraction of sp³-hybridized carbons (Fsp3) is 0.429. The lowest BCUT2D eigenvalue weighted by Gasteiger charge is -2.23. The highest BCUT2D eigenvalue weighted by molar-refractivity contribution is 9.10. The van der Waals surface area contributed by atoms with Crippen molar-refractivity contribution in [2.45, 2.75) is 13.0 Å². The van der Waals surface area contributed by atoms with Crippen LogP contribution in [0.3, 0.4) is 0 Å². The molecule has 2 rings (SSSR count). The van der Waals surface area contributed by atoms with E-state index in [9.17, 15) is 0 Å². The van der Waals surface area contributed by atoms with Gasteiger partial charge in [0, 0.05) is 19.1 Å². The highest BCUT2D eigenvalue weighted by Gasteiger charge is 2.19. The van der Waals surface area contributed by atoms with Gasteiger partial charge in [0.05, 0.1) is 4.47 Å². The van der Waals surface area contributed by atoms with Gasteiger partial charge in [-0.2, -0.15) is 0 Å². The monoisotopic (exact) mass is 326 g/mol. The molecule has 0 amide bonds. The van der Waals surface area contributed by atoms with Crippen LogP contribution in [-0.2, 0) is 0 Å². The minimum absolute atomic E-state index is 0.0730. The van der Waals surface area contributed by atoms with Gasteiger partial charge < -0.3 is 20.5 Å². The third-order valence-electron chi connectivity index (χ3n) is 2.91. The summed E-state index contributed by atoms with van der Waals surface area (Å²) in [7, 11) is 0. The van der Waals surface area contributed by atoms with Crippen molar-refractivity contribution in [3.8, 4) is 11.5 Å².